The van der Waals surface area contributed by atoms with Crippen LogP contribution in [0.5, 0.6) is 5.75 Å². The maximum absolute atomic E-state index is 13.0. The van der Waals surface area contributed by atoms with Gasteiger partial charge in [0.15, 0.2) is 5.78 Å². The Labute approximate surface area is 214 Å². The quantitative estimate of drug-likeness (QED) is 0.329. The molecule has 4 nitrogen and oxygen atoms in total. The molecule has 3 aromatic rings. The molecule has 1 fully saturated rings. The Morgan fingerprint density at radius 2 is 1.58 bits per heavy atom. The van der Waals surface area contributed by atoms with E-state index in [1.165, 1.54) is 28.7 Å². The van der Waals surface area contributed by atoms with Crippen LogP contribution in [0.4, 0.5) is 0 Å². The van der Waals surface area contributed by atoms with Gasteiger partial charge in [0.1, 0.15) is 5.75 Å². The fourth-order valence-corrected chi connectivity index (χ4v) is 7.05. The van der Waals surface area contributed by atoms with Gasteiger partial charge in [-0.1, -0.05) is 60.7 Å². The first-order valence-electron chi connectivity index (χ1n) is 13.5. The topological polar surface area (TPSA) is 41.6 Å². The summed E-state index contributed by atoms with van der Waals surface area (Å²) in [5.74, 6) is 1.59. The number of nitrogens with one attached hydrogen (secondary N) is 1. The van der Waals surface area contributed by atoms with Crippen LogP contribution in [-0.4, -0.2) is 50.5 Å². The minimum Gasteiger partial charge on any atom is -0.496 e. The summed E-state index contributed by atoms with van der Waals surface area (Å²) in [7, 11) is 1.64. The summed E-state index contributed by atoms with van der Waals surface area (Å²) >= 11 is 0. The molecule has 1 heterocycles. The van der Waals surface area contributed by atoms with Crippen LogP contribution in [0.2, 0.25) is 0 Å². The van der Waals surface area contributed by atoms with Crippen molar-refractivity contribution in [3.05, 3.63) is 101 Å². The van der Waals surface area contributed by atoms with Crippen molar-refractivity contribution in [3.63, 3.8) is 0 Å². The lowest BCUT2D eigenvalue weighted by Gasteiger charge is -2.33. The van der Waals surface area contributed by atoms with Crippen LogP contribution < -0.4 is 10.1 Å². The van der Waals surface area contributed by atoms with E-state index in [4.69, 9.17) is 4.74 Å². The molecule has 0 amide bonds. The molecule has 3 aliphatic rings. The highest BCUT2D eigenvalue weighted by molar-refractivity contribution is 6.00. The molecule has 0 saturated carbocycles. The van der Waals surface area contributed by atoms with Crippen molar-refractivity contribution < 1.29 is 9.53 Å². The van der Waals surface area contributed by atoms with E-state index in [2.05, 4.69) is 58.7 Å². The van der Waals surface area contributed by atoms with Gasteiger partial charge in [-0.2, -0.15) is 0 Å². The average Bonchev–Trinajstić information content (AvgIpc) is 3.45. The number of piperidine rings is 1. The largest absolute Gasteiger partial charge is 0.496 e. The summed E-state index contributed by atoms with van der Waals surface area (Å²) < 4.78 is 5.41. The number of ketones is 1. The Morgan fingerprint density at radius 3 is 2.28 bits per heavy atom. The van der Waals surface area contributed by atoms with Gasteiger partial charge in [-0.15, -0.1) is 0 Å². The monoisotopic (exact) mass is 480 g/mol. The lowest BCUT2D eigenvalue weighted by atomic mass is 9.75. The fraction of sp³-hybridized carbons (Fsp3) is 0.406. The molecule has 36 heavy (non-hydrogen) atoms. The Bertz CT molecular complexity index is 1200. The van der Waals surface area contributed by atoms with Gasteiger partial charge < -0.3 is 15.0 Å². The van der Waals surface area contributed by atoms with Crippen molar-refractivity contribution in [2.75, 3.05) is 39.8 Å². The molecule has 1 aliphatic heterocycles. The first kappa shape index (κ1) is 23.4. The Hall–Kier alpha value is -2.95. The van der Waals surface area contributed by atoms with Crippen molar-refractivity contribution in [1.82, 2.24) is 10.2 Å². The summed E-state index contributed by atoms with van der Waals surface area (Å²) in [6.07, 6.45) is 4.20. The van der Waals surface area contributed by atoms with Gasteiger partial charge in [0.2, 0.25) is 0 Å². The molecule has 4 heteroatoms. The minimum absolute atomic E-state index is 0.104. The van der Waals surface area contributed by atoms with Gasteiger partial charge in [0.05, 0.1) is 12.7 Å². The molecule has 2 aliphatic carbocycles. The highest BCUT2D eigenvalue weighted by Crippen LogP contribution is 2.59. The van der Waals surface area contributed by atoms with Crippen LogP contribution in [0.15, 0.2) is 72.8 Å². The van der Waals surface area contributed by atoms with E-state index in [0.717, 1.165) is 57.5 Å². The molecule has 1 N–H and O–H groups in total. The number of para-hydroxylation sites is 1. The predicted octanol–water partition coefficient (Wildman–Crippen LogP) is 5.40. The number of Topliss-reactive ketones (excluding diaryl/α,β-unsaturated/α-hetero) is 1. The van der Waals surface area contributed by atoms with Gasteiger partial charge in [0.25, 0.3) is 0 Å². The van der Waals surface area contributed by atoms with Gasteiger partial charge >= 0.3 is 0 Å². The van der Waals surface area contributed by atoms with Gasteiger partial charge in [-0.3, -0.25) is 4.79 Å². The third-order valence-electron chi connectivity index (χ3n) is 8.84. The van der Waals surface area contributed by atoms with Crippen molar-refractivity contribution >= 4 is 5.78 Å². The van der Waals surface area contributed by atoms with Gasteiger partial charge in [-0.05, 0) is 86.2 Å². The van der Waals surface area contributed by atoms with E-state index >= 15 is 0 Å². The van der Waals surface area contributed by atoms with Crippen molar-refractivity contribution in [2.45, 2.75) is 37.0 Å². The molecule has 2 bridgehead atoms. The number of hydrogen-bond acceptors (Lipinski definition) is 4. The number of likely N-dealkylation sites (tertiary alicyclic amines) is 1. The average molecular weight is 481 g/mol. The molecule has 3 aromatic carbocycles. The van der Waals surface area contributed by atoms with Crippen LogP contribution in [0.25, 0.3) is 0 Å². The zero-order valence-electron chi connectivity index (χ0n) is 21.2. The normalized spacial score (nSPS) is 22.9. The molecule has 0 aromatic heterocycles. The fourth-order valence-electron chi connectivity index (χ4n) is 7.05. The number of fused-ring (bicyclic) bond motifs is 8. The molecule has 0 unspecified atom stereocenters. The molecule has 0 spiro atoms. The third-order valence-corrected chi connectivity index (χ3v) is 8.84. The highest BCUT2D eigenvalue weighted by Gasteiger charge is 2.52. The predicted molar refractivity (Wildman–Crippen MR) is 144 cm³/mol. The van der Waals surface area contributed by atoms with E-state index in [-0.39, 0.29) is 17.1 Å². The highest BCUT2D eigenvalue weighted by atomic mass is 16.5. The maximum atomic E-state index is 13.0. The van der Waals surface area contributed by atoms with Crippen LogP contribution >= 0.6 is 0 Å². The second kappa shape index (κ2) is 9.84. The third kappa shape index (κ3) is 3.97. The number of nitrogens with zero attached hydrogens (tertiary/aromatic N) is 1. The second-order valence-electron chi connectivity index (χ2n) is 10.7. The van der Waals surface area contributed by atoms with Crippen LogP contribution in [0.1, 0.15) is 64.2 Å². The standard InChI is InChI=1S/C32H36N2O2/c1-36-30-14-7-4-11-26(30)31(35)23-15-19-34(20-16-23)18-8-17-33-22-32-21-27(24-9-2-5-12-28(24)32)25-10-3-6-13-29(25)32/h2-7,9-14,23,27,33H,8,15-22H2,1H3. The number of hydrogen-bond donors (Lipinski definition) is 1. The van der Waals surface area contributed by atoms with E-state index in [1.807, 2.05) is 24.3 Å². The number of carbonyl (C=O) groups excluding carboxylic acids is 1. The van der Waals surface area contributed by atoms with Crippen LogP contribution in [-0.2, 0) is 5.41 Å². The Kier molecular flexibility index (Phi) is 6.41. The Morgan fingerprint density at radius 1 is 0.944 bits per heavy atom. The lowest BCUT2D eigenvalue weighted by molar-refractivity contribution is 0.0836. The molecule has 0 radical (unpaired) electrons. The summed E-state index contributed by atoms with van der Waals surface area (Å²) in [6, 6.07) is 25.8. The van der Waals surface area contributed by atoms with Crippen molar-refractivity contribution in [3.8, 4) is 5.75 Å². The minimum atomic E-state index is 0.104. The maximum Gasteiger partial charge on any atom is 0.169 e. The van der Waals surface area contributed by atoms with E-state index in [9.17, 15) is 4.79 Å². The summed E-state index contributed by atoms with van der Waals surface area (Å²) in [6.45, 7) is 5.12. The van der Waals surface area contributed by atoms with Gasteiger partial charge in [0, 0.05) is 23.8 Å². The molecular formula is C32H36N2O2. The van der Waals surface area contributed by atoms with Crippen molar-refractivity contribution in [1.29, 1.82) is 0 Å². The number of ether oxygens (including phenoxy) is 1. The smallest absolute Gasteiger partial charge is 0.169 e. The zero-order valence-corrected chi connectivity index (χ0v) is 21.2. The Balaban J connectivity index is 0.999. The molecular weight excluding hydrogens is 444 g/mol. The molecule has 0 atom stereocenters. The first-order valence-corrected chi connectivity index (χ1v) is 13.5. The zero-order chi connectivity index (χ0) is 24.5. The van der Waals surface area contributed by atoms with E-state index in [1.54, 1.807) is 7.11 Å². The molecule has 1 saturated heterocycles. The number of rotatable bonds is 9. The van der Waals surface area contributed by atoms with Gasteiger partial charge in [-0.25, -0.2) is 0 Å². The van der Waals surface area contributed by atoms with Crippen LogP contribution in [0.3, 0.4) is 0 Å². The van der Waals surface area contributed by atoms with E-state index in [0.29, 0.717) is 11.7 Å². The summed E-state index contributed by atoms with van der Waals surface area (Å²) in [4.78, 5) is 15.6. The number of benzene rings is 3. The SMILES string of the molecule is COc1ccccc1C(=O)C1CCN(CCCNCC23CC(c4ccccc42)c2ccccc23)CC1. The first-order chi connectivity index (χ1) is 17.7. The van der Waals surface area contributed by atoms with E-state index < -0.39 is 0 Å². The second-order valence-corrected chi connectivity index (χ2v) is 10.7. The number of methoxy groups -OCH3 is 1. The number of carbonyl (C=O) groups is 1. The summed E-state index contributed by atoms with van der Waals surface area (Å²) in [5, 5.41) is 3.83. The molecule has 186 valence electrons. The van der Waals surface area contributed by atoms with Crippen LogP contribution in [0, 0.1) is 5.92 Å². The van der Waals surface area contributed by atoms with Crippen molar-refractivity contribution in [2.24, 2.45) is 5.92 Å². The summed E-state index contributed by atoms with van der Waals surface area (Å²) in [5.41, 5.74) is 6.97. The molecule has 6 rings (SSSR count). The lowest BCUT2D eigenvalue weighted by Crippen LogP contribution is -2.39.